The molecule has 118 valence electrons. The third-order valence-electron chi connectivity index (χ3n) is 4.56. The second-order valence-corrected chi connectivity index (χ2v) is 10.4. The molecule has 20 heavy (non-hydrogen) atoms. The molecule has 0 bridgehead atoms. The maximum Gasteiger partial charge on any atom is 0.217 e. The van der Waals surface area contributed by atoms with Gasteiger partial charge in [-0.25, -0.2) is 21.1 Å². The molecule has 0 aromatic heterocycles. The second kappa shape index (κ2) is 5.90. The van der Waals surface area contributed by atoms with Gasteiger partial charge in [0.05, 0.1) is 16.8 Å². The minimum absolute atomic E-state index is 0.0124. The number of sulfonamides is 1. The van der Waals surface area contributed by atoms with E-state index in [0.29, 0.717) is 19.5 Å². The Labute approximate surface area is 121 Å². The van der Waals surface area contributed by atoms with Crippen LogP contribution in [0.5, 0.6) is 0 Å². The summed E-state index contributed by atoms with van der Waals surface area (Å²) in [5.41, 5.74) is 6.01. The molecule has 0 radical (unpaired) electrons. The lowest BCUT2D eigenvalue weighted by atomic mass is 9.92. The van der Waals surface area contributed by atoms with Crippen LogP contribution in [-0.2, 0) is 19.9 Å². The summed E-state index contributed by atoms with van der Waals surface area (Å²) in [4.78, 5) is 0. The van der Waals surface area contributed by atoms with Crippen molar-refractivity contribution in [3.05, 3.63) is 0 Å². The minimum atomic E-state index is -3.39. The summed E-state index contributed by atoms with van der Waals surface area (Å²) in [6.07, 6.45) is 2.00. The molecule has 0 aliphatic carbocycles. The Kier molecular flexibility index (Phi) is 4.78. The average Bonchev–Trinajstić information content (AvgIpc) is 2.38. The third-order valence-corrected chi connectivity index (χ3v) is 8.64. The van der Waals surface area contributed by atoms with Crippen LogP contribution < -0.4 is 5.73 Å². The van der Waals surface area contributed by atoms with Crippen LogP contribution in [0.2, 0.25) is 0 Å². The summed E-state index contributed by atoms with van der Waals surface area (Å²) in [6, 6.07) is 0.0678. The van der Waals surface area contributed by atoms with E-state index in [0.717, 1.165) is 6.42 Å². The van der Waals surface area contributed by atoms with Crippen molar-refractivity contribution in [1.29, 1.82) is 0 Å². The highest BCUT2D eigenvalue weighted by molar-refractivity contribution is 7.92. The Morgan fingerprint density at radius 2 is 1.80 bits per heavy atom. The second-order valence-electron chi connectivity index (χ2n) is 5.87. The molecule has 0 amide bonds. The van der Waals surface area contributed by atoms with E-state index in [2.05, 4.69) is 0 Å². The summed E-state index contributed by atoms with van der Waals surface area (Å²) in [7, 11) is -6.42. The Morgan fingerprint density at radius 3 is 2.35 bits per heavy atom. The predicted molar refractivity (Wildman–Crippen MR) is 78.5 cm³/mol. The normalized spacial score (nSPS) is 33.1. The van der Waals surface area contributed by atoms with E-state index in [4.69, 9.17) is 5.73 Å². The van der Waals surface area contributed by atoms with Crippen molar-refractivity contribution < 1.29 is 16.8 Å². The Morgan fingerprint density at radius 1 is 1.20 bits per heavy atom. The van der Waals surface area contributed by atoms with Gasteiger partial charge in [-0.1, -0.05) is 13.3 Å². The highest BCUT2D eigenvalue weighted by atomic mass is 32.2. The average molecular weight is 324 g/mol. The molecule has 8 heteroatoms. The number of nitrogens with zero attached hydrogens (tertiary/aromatic N) is 1. The number of sulfone groups is 1. The van der Waals surface area contributed by atoms with Gasteiger partial charge >= 0.3 is 0 Å². The fourth-order valence-corrected chi connectivity index (χ4v) is 6.86. The quantitative estimate of drug-likeness (QED) is 0.785. The zero-order valence-corrected chi connectivity index (χ0v) is 13.5. The van der Waals surface area contributed by atoms with Gasteiger partial charge in [0, 0.05) is 19.1 Å². The van der Waals surface area contributed by atoms with E-state index in [-0.39, 0.29) is 36.3 Å². The van der Waals surface area contributed by atoms with Crippen molar-refractivity contribution in [3.8, 4) is 0 Å². The van der Waals surface area contributed by atoms with Gasteiger partial charge in [0.25, 0.3) is 0 Å². The van der Waals surface area contributed by atoms with Crippen molar-refractivity contribution in [1.82, 2.24) is 4.31 Å². The van der Waals surface area contributed by atoms with Crippen molar-refractivity contribution in [2.24, 2.45) is 11.7 Å². The van der Waals surface area contributed by atoms with E-state index >= 15 is 0 Å². The van der Waals surface area contributed by atoms with E-state index in [1.807, 2.05) is 6.92 Å². The topological polar surface area (TPSA) is 97.5 Å². The molecule has 2 atom stereocenters. The largest absolute Gasteiger partial charge is 0.327 e. The minimum Gasteiger partial charge on any atom is -0.327 e. The summed E-state index contributed by atoms with van der Waals surface area (Å²) in [6.45, 7) is 2.96. The van der Waals surface area contributed by atoms with Crippen LogP contribution in [0, 0.1) is 5.92 Å². The fourth-order valence-electron chi connectivity index (χ4n) is 3.06. The summed E-state index contributed by atoms with van der Waals surface area (Å²) in [5, 5.41) is -0.544. The van der Waals surface area contributed by atoms with Crippen molar-refractivity contribution in [2.45, 2.75) is 43.9 Å². The molecule has 2 saturated heterocycles. The SMILES string of the molecule is CCC1CN(S(=O)(=O)C2CCS(=O)(=O)CC2)CCC1N. The van der Waals surface area contributed by atoms with Gasteiger partial charge in [0.1, 0.15) is 9.84 Å². The lowest BCUT2D eigenvalue weighted by Gasteiger charge is -2.38. The fraction of sp³-hybridized carbons (Fsp3) is 1.00. The van der Waals surface area contributed by atoms with E-state index in [1.165, 1.54) is 4.31 Å². The molecule has 2 rings (SSSR count). The molecule has 2 heterocycles. The summed E-state index contributed by atoms with van der Waals surface area (Å²) in [5.74, 6) is 0.175. The molecule has 6 nitrogen and oxygen atoms in total. The summed E-state index contributed by atoms with van der Waals surface area (Å²) < 4.78 is 49.6. The number of rotatable bonds is 3. The molecule has 0 aromatic rings. The monoisotopic (exact) mass is 324 g/mol. The number of piperidine rings is 1. The number of hydrogen-bond acceptors (Lipinski definition) is 5. The first-order valence-electron chi connectivity index (χ1n) is 7.21. The number of hydrogen-bond donors (Lipinski definition) is 1. The zero-order chi connectivity index (χ0) is 15.0. The lowest BCUT2D eigenvalue weighted by molar-refractivity contribution is 0.228. The summed E-state index contributed by atoms with van der Waals surface area (Å²) >= 11 is 0. The standard InChI is InChI=1S/C12H24N2O4S2/c1-2-10-9-14(6-3-12(10)13)20(17,18)11-4-7-19(15,16)8-5-11/h10-12H,2-9,13H2,1H3. The smallest absolute Gasteiger partial charge is 0.217 e. The zero-order valence-electron chi connectivity index (χ0n) is 11.9. The van der Waals surface area contributed by atoms with Gasteiger partial charge < -0.3 is 5.73 Å². The van der Waals surface area contributed by atoms with Crippen LogP contribution in [0.4, 0.5) is 0 Å². The van der Waals surface area contributed by atoms with Crippen LogP contribution in [0.3, 0.4) is 0 Å². The number of nitrogens with two attached hydrogens (primary N) is 1. The maximum atomic E-state index is 12.6. The Hall–Kier alpha value is -0.180. The molecule has 0 aromatic carbocycles. The first-order valence-corrected chi connectivity index (χ1v) is 10.5. The highest BCUT2D eigenvalue weighted by Crippen LogP contribution is 2.27. The van der Waals surface area contributed by atoms with E-state index in [9.17, 15) is 16.8 Å². The van der Waals surface area contributed by atoms with Crippen LogP contribution in [0.1, 0.15) is 32.6 Å². The predicted octanol–water partition coefficient (Wildman–Crippen LogP) is -0.0474. The molecule has 2 aliphatic rings. The Bertz CT molecular complexity index is 530. The molecule has 2 fully saturated rings. The van der Waals surface area contributed by atoms with Crippen LogP contribution in [-0.4, -0.2) is 57.0 Å². The first kappa shape index (κ1) is 16.2. The molecule has 2 aliphatic heterocycles. The van der Waals surface area contributed by atoms with Crippen LogP contribution >= 0.6 is 0 Å². The molecule has 2 unspecified atom stereocenters. The van der Waals surface area contributed by atoms with Crippen molar-refractivity contribution >= 4 is 19.9 Å². The van der Waals surface area contributed by atoms with Crippen LogP contribution in [0.25, 0.3) is 0 Å². The molecule has 0 saturated carbocycles. The maximum absolute atomic E-state index is 12.6. The van der Waals surface area contributed by atoms with Gasteiger partial charge in [-0.3, -0.25) is 0 Å². The molecular weight excluding hydrogens is 300 g/mol. The Balaban J connectivity index is 2.07. The van der Waals surface area contributed by atoms with Crippen molar-refractivity contribution in [2.75, 3.05) is 24.6 Å². The van der Waals surface area contributed by atoms with E-state index < -0.39 is 25.1 Å². The van der Waals surface area contributed by atoms with Gasteiger partial charge in [-0.2, -0.15) is 0 Å². The third kappa shape index (κ3) is 3.35. The lowest BCUT2D eigenvalue weighted by Crippen LogP contribution is -2.52. The van der Waals surface area contributed by atoms with Crippen molar-refractivity contribution in [3.63, 3.8) is 0 Å². The molecular formula is C12H24N2O4S2. The van der Waals surface area contributed by atoms with E-state index in [1.54, 1.807) is 0 Å². The van der Waals surface area contributed by atoms with Crippen LogP contribution in [0.15, 0.2) is 0 Å². The highest BCUT2D eigenvalue weighted by Gasteiger charge is 2.39. The van der Waals surface area contributed by atoms with Gasteiger partial charge in [0.15, 0.2) is 0 Å². The van der Waals surface area contributed by atoms with Gasteiger partial charge in [-0.05, 0) is 25.2 Å². The molecule has 0 spiro atoms. The van der Waals surface area contributed by atoms with Gasteiger partial charge in [0.2, 0.25) is 10.0 Å². The van der Waals surface area contributed by atoms with Gasteiger partial charge in [-0.15, -0.1) is 0 Å². The molecule has 2 N–H and O–H groups in total. The first-order chi connectivity index (χ1) is 9.26.